The average Bonchev–Trinajstić information content (AvgIpc) is 2.97. The number of nitrogens with zero attached hydrogens (tertiary/aromatic N) is 2. The van der Waals surface area contributed by atoms with Gasteiger partial charge < -0.3 is 15.8 Å². The van der Waals surface area contributed by atoms with Crippen LogP contribution >= 0.6 is 0 Å². The molecule has 0 bridgehead atoms. The number of aromatic nitrogens is 2. The maximum absolute atomic E-state index is 9.99. The molecule has 1 unspecified atom stereocenters. The van der Waals surface area contributed by atoms with Crippen molar-refractivity contribution < 1.29 is 5.11 Å². The molecular weight excluding hydrogens is 216 g/mol. The van der Waals surface area contributed by atoms with Crippen LogP contribution in [-0.2, 0) is 0 Å². The Hall–Kier alpha value is -0.910. The number of rotatable bonds is 2. The third-order valence-electron chi connectivity index (χ3n) is 4.13. The monoisotopic (exact) mass is 236 g/mol. The maximum atomic E-state index is 9.99. The van der Waals surface area contributed by atoms with Gasteiger partial charge in [0.25, 0.3) is 0 Å². The number of likely N-dealkylation sites (tertiary alicyclic amines) is 1. The smallest absolute Gasteiger partial charge is 0.110 e. The highest BCUT2D eigenvalue weighted by Gasteiger charge is 2.38. The van der Waals surface area contributed by atoms with E-state index in [4.69, 9.17) is 5.73 Å². The Labute approximate surface area is 101 Å². The summed E-state index contributed by atoms with van der Waals surface area (Å²) in [5, 5.41) is 9.99. The fourth-order valence-corrected chi connectivity index (χ4v) is 3.24. The second-order valence-electron chi connectivity index (χ2n) is 5.32. The van der Waals surface area contributed by atoms with Gasteiger partial charge in [-0.3, -0.25) is 4.90 Å². The summed E-state index contributed by atoms with van der Waals surface area (Å²) in [6.07, 6.45) is 6.21. The van der Waals surface area contributed by atoms with Gasteiger partial charge >= 0.3 is 0 Å². The minimum Gasteiger partial charge on any atom is -0.391 e. The van der Waals surface area contributed by atoms with E-state index in [2.05, 4.69) is 14.9 Å². The van der Waals surface area contributed by atoms with Gasteiger partial charge in [0.2, 0.25) is 0 Å². The molecule has 0 spiro atoms. The molecule has 1 saturated heterocycles. The lowest BCUT2D eigenvalue weighted by Crippen LogP contribution is -2.38. The number of H-pyrrole nitrogens is 1. The largest absolute Gasteiger partial charge is 0.391 e. The Morgan fingerprint density at radius 2 is 2.35 bits per heavy atom. The summed E-state index contributed by atoms with van der Waals surface area (Å²) in [4.78, 5) is 9.89. The Morgan fingerprint density at radius 1 is 1.47 bits per heavy atom. The van der Waals surface area contributed by atoms with Crippen LogP contribution in [0.5, 0.6) is 0 Å². The van der Waals surface area contributed by atoms with Crippen LogP contribution in [0.3, 0.4) is 0 Å². The molecule has 1 aliphatic carbocycles. The number of hydrogen-bond acceptors (Lipinski definition) is 4. The molecule has 17 heavy (non-hydrogen) atoms. The van der Waals surface area contributed by atoms with Crippen LogP contribution in [0.2, 0.25) is 0 Å². The van der Waals surface area contributed by atoms with E-state index in [9.17, 15) is 5.11 Å². The molecule has 1 aromatic rings. The second kappa shape index (κ2) is 4.40. The van der Waals surface area contributed by atoms with Crippen molar-refractivity contribution in [3.8, 4) is 0 Å². The topological polar surface area (TPSA) is 78.2 Å². The fourth-order valence-electron chi connectivity index (χ4n) is 3.24. The highest BCUT2D eigenvalue weighted by molar-refractivity contribution is 5.04. The molecule has 94 valence electrons. The van der Waals surface area contributed by atoms with Crippen LogP contribution in [0.4, 0.5) is 0 Å². The van der Waals surface area contributed by atoms with Gasteiger partial charge in [0, 0.05) is 36.9 Å². The average molecular weight is 236 g/mol. The first-order chi connectivity index (χ1) is 8.24. The molecule has 1 aromatic heterocycles. The second-order valence-corrected chi connectivity index (χ2v) is 5.32. The van der Waals surface area contributed by atoms with Gasteiger partial charge in [-0.25, -0.2) is 4.98 Å². The van der Waals surface area contributed by atoms with Gasteiger partial charge in [-0.15, -0.1) is 0 Å². The fraction of sp³-hybridized carbons (Fsp3) is 0.750. The van der Waals surface area contributed by atoms with E-state index in [1.165, 1.54) is 0 Å². The quantitative estimate of drug-likeness (QED) is 0.678. The first-order valence-electron chi connectivity index (χ1n) is 6.41. The summed E-state index contributed by atoms with van der Waals surface area (Å²) in [5.41, 5.74) is 5.91. The van der Waals surface area contributed by atoms with Crippen molar-refractivity contribution in [1.29, 1.82) is 0 Å². The number of aliphatic hydroxyl groups is 1. The molecule has 5 nitrogen and oxygen atoms in total. The zero-order valence-corrected chi connectivity index (χ0v) is 9.92. The van der Waals surface area contributed by atoms with Crippen LogP contribution in [0.1, 0.15) is 31.0 Å². The Balaban J connectivity index is 1.64. The number of nitrogens with one attached hydrogen (secondary N) is 1. The van der Waals surface area contributed by atoms with E-state index in [0.29, 0.717) is 5.92 Å². The van der Waals surface area contributed by atoms with E-state index in [1.54, 1.807) is 6.20 Å². The van der Waals surface area contributed by atoms with Crippen molar-refractivity contribution in [2.24, 2.45) is 5.73 Å². The molecule has 2 heterocycles. The van der Waals surface area contributed by atoms with Crippen LogP contribution in [0.25, 0.3) is 0 Å². The van der Waals surface area contributed by atoms with Gasteiger partial charge in [-0.2, -0.15) is 0 Å². The minimum atomic E-state index is -0.250. The van der Waals surface area contributed by atoms with Gasteiger partial charge in [0.05, 0.1) is 6.10 Å². The number of aliphatic hydroxyl groups excluding tert-OH is 1. The predicted molar refractivity (Wildman–Crippen MR) is 64.5 cm³/mol. The summed E-state index contributed by atoms with van der Waals surface area (Å²) < 4.78 is 0. The van der Waals surface area contributed by atoms with Crippen molar-refractivity contribution in [3.63, 3.8) is 0 Å². The molecule has 0 aromatic carbocycles. The number of nitrogens with two attached hydrogens (primary N) is 1. The summed E-state index contributed by atoms with van der Waals surface area (Å²) in [7, 11) is 0. The molecule has 5 heteroatoms. The minimum absolute atomic E-state index is 0.165. The normalized spacial score (nSPS) is 38.9. The predicted octanol–water partition coefficient (Wildman–Crippen LogP) is 0.0496. The van der Waals surface area contributed by atoms with E-state index in [1.807, 2.05) is 6.20 Å². The maximum Gasteiger partial charge on any atom is 0.110 e. The Kier molecular flexibility index (Phi) is 2.90. The van der Waals surface area contributed by atoms with Crippen molar-refractivity contribution in [3.05, 3.63) is 18.2 Å². The van der Waals surface area contributed by atoms with Gasteiger partial charge in [0.15, 0.2) is 0 Å². The van der Waals surface area contributed by atoms with E-state index < -0.39 is 0 Å². The van der Waals surface area contributed by atoms with Crippen LogP contribution < -0.4 is 5.73 Å². The molecule has 4 N–H and O–H groups in total. The zero-order chi connectivity index (χ0) is 11.8. The van der Waals surface area contributed by atoms with E-state index >= 15 is 0 Å². The summed E-state index contributed by atoms with van der Waals surface area (Å²) in [6, 6.07) is 0.419. The summed E-state index contributed by atoms with van der Waals surface area (Å²) >= 11 is 0. The lowest BCUT2D eigenvalue weighted by atomic mass is 10.1. The van der Waals surface area contributed by atoms with Crippen molar-refractivity contribution in [1.82, 2.24) is 14.9 Å². The molecule has 4 atom stereocenters. The van der Waals surface area contributed by atoms with Crippen molar-refractivity contribution >= 4 is 0 Å². The zero-order valence-electron chi connectivity index (χ0n) is 9.92. The molecule has 1 saturated carbocycles. The van der Waals surface area contributed by atoms with Crippen molar-refractivity contribution in [2.45, 2.75) is 43.4 Å². The van der Waals surface area contributed by atoms with E-state index in [-0.39, 0.29) is 18.2 Å². The molecule has 2 fully saturated rings. The summed E-state index contributed by atoms with van der Waals surface area (Å²) in [6.45, 7) is 2.03. The lowest BCUT2D eigenvalue weighted by molar-refractivity contribution is 0.0844. The van der Waals surface area contributed by atoms with E-state index in [0.717, 1.165) is 38.2 Å². The first-order valence-corrected chi connectivity index (χ1v) is 6.41. The standard InChI is InChI=1S/C12H20N4O/c13-9-5-10(11(17)6-9)16-4-1-8(7-16)12-14-2-3-15-12/h2-3,8-11,17H,1,4-7,13H2,(H,14,15)/t8?,9-,10-,11-/m0/s1. The van der Waals surface area contributed by atoms with Gasteiger partial charge in [-0.1, -0.05) is 0 Å². The molecule has 3 rings (SSSR count). The Morgan fingerprint density at radius 3 is 3.00 bits per heavy atom. The lowest BCUT2D eigenvalue weighted by Gasteiger charge is -2.26. The first kappa shape index (κ1) is 11.2. The van der Waals surface area contributed by atoms with Crippen LogP contribution in [-0.4, -0.2) is 51.3 Å². The molecule has 2 aliphatic rings. The highest BCUT2D eigenvalue weighted by atomic mass is 16.3. The molecule has 0 amide bonds. The molecular formula is C12H20N4O. The van der Waals surface area contributed by atoms with Gasteiger partial charge in [0.1, 0.15) is 5.82 Å². The molecule has 1 aliphatic heterocycles. The van der Waals surface area contributed by atoms with Crippen LogP contribution in [0.15, 0.2) is 12.4 Å². The number of aromatic amines is 1. The third kappa shape index (κ3) is 2.10. The van der Waals surface area contributed by atoms with Crippen molar-refractivity contribution in [2.75, 3.05) is 13.1 Å². The highest BCUT2D eigenvalue weighted by Crippen LogP contribution is 2.31. The molecule has 0 radical (unpaired) electrons. The third-order valence-corrected chi connectivity index (χ3v) is 4.13. The number of hydrogen-bond donors (Lipinski definition) is 3. The van der Waals surface area contributed by atoms with Crippen LogP contribution in [0, 0.1) is 0 Å². The Bertz CT molecular complexity index is 367. The summed E-state index contributed by atoms with van der Waals surface area (Å²) in [5.74, 6) is 1.55. The number of imidazole rings is 1. The SMILES string of the molecule is N[C@@H]1C[C@H](O)[C@@H](N2CCC(c3ncc[nH]3)C2)C1. The van der Waals surface area contributed by atoms with Gasteiger partial charge in [-0.05, 0) is 25.8 Å².